The van der Waals surface area contributed by atoms with Crippen molar-refractivity contribution >= 4 is 23.0 Å². The van der Waals surface area contributed by atoms with E-state index in [0.29, 0.717) is 11.6 Å². The fourth-order valence-corrected chi connectivity index (χ4v) is 4.76. The summed E-state index contributed by atoms with van der Waals surface area (Å²) >= 11 is 0. The van der Waals surface area contributed by atoms with Gasteiger partial charge in [-0.05, 0) is 30.1 Å². The molecule has 1 amide bonds. The van der Waals surface area contributed by atoms with Gasteiger partial charge in [-0.1, -0.05) is 27.7 Å². The van der Waals surface area contributed by atoms with Gasteiger partial charge in [0, 0.05) is 5.92 Å². The molecule has 0 saturated heterocycles. The molecule has 2 fully saturated rings. The Morgan fingerprint density at radius 1 is 1.54 bits per heavy atom. The third-order valence-corrected chi connectivity index (χ3v) is 6.54. The smallest absolute Gasteiger partial charge is 0.280 e. The maximum absolute atomic E-state index is 12.4. The largest absolute Gasteiger partial charge is 0.391 e. The summed E-state index contributed by atoms with van der Waals surface area (Å²) in [6.07, 6.45) is 3.20. The van der Waals surface area contributed by atoms with Gasteiger partial charge < -0.3 is 9.67 Å². The van der Waals surface area contributed by atoms with E-state index in [1.807, 2.05) is 4.57 Å². The van der Waals surface area contributed by atoms with E-state index >= 15 is 0 Å². The lowest BCUT2D eigenvalue weighted by atomic mass is 9.88. The number of hydrogen-bond donors (Lipinski definition) is 3. The number of aromatic amines is 1. The van der Waals surface area contributed by atoms with Crippen LogP contribution in [0.3, 0.4) is 0 Å². The monoisotopic (exact) mass is 359 g/mol. The van der Waals surface area contributed by atoms with Gasteiger partial charge >= 0.3 is 0 Å². The molecule has 0 radical (unpaired) electrons. The van der Waals surface area contributed by atoms with E-state index in [-0.39, 0.29) is 40.7 Å². The number of H-pyrrole nitrogens is 1. The Balaban J connectivity index is 1.76. The molecule has 2 heterocycles. The third-order valence-electron chi connectivity index (χ3n) is 6.54. The van der Waals surface area contributed by atoms with Crippen molar-refractivity contribution in [2.45, 2.75) is 52.7 Å². The quantitative estimate of drug-likeness (QED) is 0.769. The van der Waals surface area contributed by atoms with Crippen LogP contribution in [0.25, 0.3) is 11.2 Å². The molecular formula is C18H25N5O3. The van der Waals surface area contributed by atoms with Crippen LogP contribution in [0.4, 0.5) is 5.95 Å². The standard InChI is InChI=1S/C18H25N5O3/c1-5-18-6-10(18)12(13(24)9(18)4)23-7-19-11-14(23)20-17(22-16(11)26)21-15(25)8(2)3/h7-10,12-13,24H,5-6H2,1-4H3,(H2,20,21,22,25,26)/t9-,10+,12+,13+,18-/m0/s1. The van der Waals surface area contributed by atoms with Gasteiger partial charge in [0.1, 0.15) is 0 Å². The first-order chi connectivity index (χ1) is 12.3. The number of aliphatic hydroxyl groups excluding tert-OH is 1. The van der Waals surface area contributed by atoms with E-state index in [0.717, 1.165) is 12.8 Å². The number of carbonyl (C=O) groups excluding carboxylic acids is 1. The molecule has 3 N–H and O–H groups in total. The van der Waals surface area contributed by atoms with Crippen molar-refractivity contribution in [3.8, 4) is 0 Å². The lowest BCUT2D eigenvalue weighted by Gasteiger charge is -2.24. The zero-order chi connectivity index (χ0) is 18.8. The van der Waals surface area contributed by atoms with E-state index in [1.54, 1.807) is 20.2 Å². The van der Waals surface area contributed by atoms with Gasteiger partial charge in [0.15, 0.2) is 11.2 Å². The van der Waals surface area contributed by atoms with E-state index in [2.05, 4.69) is 34.1 Å². The average molecular weight is 359 g/mol. The predicted octanol–water partition coefficient (Wildman–Crippen LogP) is 1.68. The second kappa shape index (κ2) is 5.64. The lowest BCUT2D eigenvalue weighted by Crippen LogP contribution is -2.28. The summed E-state index contributed by atoms with van der Waals surface area (Å²) in [5.74, 6) is 0.225. The summed E-state index contributed by atoms with van der Waals surface area (Å²) in [6, 6.07) is -0.141. The first kappa shape index (κ1) is 17.2. The summed E-state index contributed by atoms with van der Waals surface area (Å²) in [5, 5.41) is 13.4. The zero-order valence-electron chi connectivity index (χ0n) is 15.5. The van der Waals surface area contributed by atoms with Crippen LogP contribution >= 0.6 is 0 Å². The summed E-state index contributed by atoms with van der Waals surface area (Å²) in [5.41, 5.74) is 0.409. The van der Waals surface area contributed by atoms with Gasteiger partial charge in [0.25, 0.3) is 5.56 Å². The molecule has 4 rings (SSSR count). The van der Waals surface area contributed by atoms with Crippen molar-refractivity contribution in [2.24, 2.45) is 23.2 Å². The number of nitrogens with one attached hydrogen (secondary N) is 2. The highest BCUT2D eigenvalue weighted by molar-refractivity contribution is 5.91. The fourth-order valence-electron chi connectivity index (χ4n) is 4.76. The van der Waals surface area contributed by atoms with E-state index < -0.39 is 11.7 Å². The minimum atomic E-state index is -0.499. The Morgan fingerprint density at radius 3 is 2.88 bits per heavy atom. The molecule has 2 aromatic rings. The van der Waals surface area contributed by atoms with Crippen LogP contribution in [-0.4, -0.2) is 36.6 Å². The summed E-state index contributed by atoms with van der Waals surface area (Å²) in [4.78, 5) is 35.5. The second-order valence-electron chi connectivity index (χ2n) is 8.05. The molecule has 5 atom stereocenters. The molecule has 0 bridgehead atoms. The summed E-state index contributed by atoms with van der Waals surface area (Å²) in [6.45, 7) is 7.80. The van der Waals surface area contributed by atoms with Gasteiger partial charge in [-0.3, -0.25) is 19.9 Å². The van der Waals surface area contributed by atoms with Gasteiger partial charge in [-0.2, -0.15) is 4.98 Å². The molecule has 2 aromatic heterocycles. The van der Waals surface area contributed by atoms with Crippen molar-refractivity contribution < 1.29 is 9.90 Å². The predicted molar refractivity (Wildman–Crippen MR) is 96.7 cm³/mol. The Bertz CT molecular complexity index is 933. The van der Waals surface area contributed by atoms with Crippen molar-refractivity contribution in [1.82, 2.24) is 19.5 Å². The van der Waals surface area contributed by atoms with E-state index in [4.69, 9.17) is 0 Å². The van der Waals surface area contributed by atoms with E-state index in [1.165, 1.54) is 0 Å². The Labute approximate surface area is 151 Å². The number of amides is 1. The number of hydrogen-bond acceptors (Lipinski definition) is 5. The molecule has 2 aliphatic carbocycles. The van der Waals surface area contributed by atoms with Crippen molar-refractivity contribution in [1.29, 1.82) is 0 Å². The highest BCUT2D eigenvalue weighted by Gasteiger charge is 2.68. The van der Waals surface area contributed by atoms with Gasteiger partial charge in [0.05, 0.1) is 18.5 Å². The highest BCUT2D eigenvalue weighted by atomic mass is 16.3. The van der Waals surface area contributed by atoms with Gasteiger partial charge in [-0.15, -0.1) is 0 Å². The number of aromatic nitrogens is 4. The number of anilines is 1. The molecule has 0 aromatic carbocycles. The van der Waals surface area contributed by atoms with Crippen LogP contribution in [0.15, 0.2) is 11.1 Å². The van der Waals surface area contributed by atoms with Crippen molar-refractivity contribution in [2.75, 3.05) is 5.32 Å². The highest BCUT2D eigenvalue weighted by Crippen LogP contribution is 2.71. The number of imidazole rings is 1. The molecular weight excluding hydrogens is 334 g/mol. The van der Waals surface area contributed by atoms with Crippen LogP contribution in [-0.2, 0) is 4.79 Å². The molecule has 8 heteroatoms. The number of nitrogens with zero attached hydrogens (tertiary/aromatic N) is 3. The molecule has 0 spiro atoms. The minimum absolute atomic E-state index is 0.112. The number of aliphatic hydroxyl groups is 1. The van der Waals surface area contributed by atoms with Crippen LogP contribution in [0.1, 0.15) is 46.6 Å². The fraction of sp³-hybridized carbons (Fsp3) is 0.667. The van der Waals surface area contributed by atoms with Crippen LogP contribution in [0.2, 0.25) is 0 Å². The molecule has 140 valence electrons. The SMILES string of the molecule is CC[C@@]12C[C@@H]1[C@@H](n1cnc3c(=O)[nH]c(NC(=O)C(C)C)nc31)[C@H](O)[C@@H]2C. The van der Waals surface area contributed by atoms with Gasteiger partial charge in [0.2, 0.25) is 11.9 Å². The normalized spacial score (nSPS) is 32.8. The molecule has 8 nitrogen and oxygen atoms in total. The Hall–Kier alpha value is -2.22. The first-order valence-corrected chi connectivity index (χ1v) is 9.26. The first-order valence-electron chi connectivity index (χ1n) is 9.26. The van der Waals surface area contributed by atoms with Gasteiger partial charge in [-0.25, -0.2) is 4.98 Å². The van der Waals surface area contributed by atoms with Crippen LogP contribution in [0, 0.1) is 23.2 Å². The van der Waals surface area contributed by atoms with Crippen molar-refractivity contribution in [3.63, 3.8) is 0 Å². The molecule has 2 saturated carbocycles. The average Bonchev–Trinajstić information content (AvgIpc) is 3.11. The zero-order valence-corrected chi connectivity index (χ0v) is 15.5. The molecule has 0 aliphatic heterocycles. The number of carbonyl (C=O) groups is 1. The Morgan fingerprint density at radius 2 is 2.27 bits per heavy atom. The summed E-state index contributed by atoms with van der Waals surface area (Å²) in [7, 11) is 0. The topological polar surface area (TPSA) is 113 Å². The Kier molecular flexibility index (Phi) is 3.73. The third kappa shape index (κ3) is 2.24. The number of rotatable bonds is 4. The van der Waals surface area contributed by atoms with Crippen LogP contribution in [0.5, 0.6) is 0 Å². The maximum atomic E-state index is 12.4. The molecule has 2 aliphatic rings. The minimum Gasteiger partial charge on any atom is -0.391 e. The van der Waals surface area contributed by atoms with E-state index in [9.17, 15) is 14.7 Å². The second-order valence-corrected chi connectivity index (χ2v) is 8.05. The van der Waals surface area contributed by atoms with Crippen LogP contribution < -0.4 is 10.9 Å². The lowest BCUT2D eigenvalue weighted by molar-refractivity contribution is -0.118. The van der Waals surface area contributed by atoms with Crippen molar-refractivity contribution in [3.05, 3.63) is 16.7 Å². The maximum Gasteiger partial charge on any atom is 0.280 e. The number of fused-ring (bicyclic) bond motifs is 2. The summed E-state index contributed by atoms with van der Waals surface area (Å²) < 4.78 is 1.83. The molecule has 0 unspecified atom stereocenters. The molecule has 26 heavy (non-hydrogen) atoms.